The maximum Gasteiger partial charge on any atom is 0.150 e. The number of carbonyl (C=O) groups excluding carboxylic acids is 1. The van der Waals surface area contributed by atoms with E-state index in [1.165, 1.54) is 5.56 Å². The van der Waals surface area contributed by atoms with Crippen molar-refractivity contribution in [3.05, 3.63) is 70.8 Å². The van der Waals surface area contributed by atoms with Crippen molar-refractivity contribution in [3.63, 3.8) is 0 Å². The molecule has 2 fully saturated rings. The summed E-state index contributed by atoms with van der Waals surface area (Å²) in [4.78, 5) is 10.9. The summed E-state index contributed by atoms with van der Waals surface area (Å²) in [7, 11) is 0. The topological polar surface area (TPSA) is 81.3 Å². The molecule has 0 saturated heterocycles. The van der Waals surface area contributed by atoms with Crippen molar-refractivity contribution in [3.8, 4) is 6.07 Å². The zero-order chi connectivity index (χ0) is 22.0. The highest BCUT2D eigenvalue weighted by atomic mass is 16.3. The van der Waals surface area contributed by atoms with Gasteiger partial charge < -0.3 is 10.2 Å². The van der Waals surface area contributed by atoms with Gasteiger partial charge in [-0.15, -0.1) is 0 Å². The summed E-state index contributed by atoms with van der Waals surface area (Å²) in [5.74, 6) is -0.127. The molecule has 4 heteroatoms. The van der Waals surface area contributed by atoms with E-state index in [0.717, 1.165) is 49.5 Å². The number of rotatable bonds is 8. The highest BCUT2D eigenvalue weighted by Gasteiger charge is 2.49. The molecule has 162 valence electrons. The van der Waals surface area contributed by atoms with E-state index in [2.05, 4.69) is 30.3 Å². The first-order valence-corrected chi connectivity index (χ1v) is 11.4. The second-order valence-electron chi connectivity index (χ2n) is 9.33. The number of hydrogen-bond acceptors (Lipinski definition) is 4. The third-order valence-electron chi connectivity index (χ3n) is 7.62. The quantitative estimate of drug-likeness (QED) is 0.618. The van der Waals surface area contributed by atoms with Gasteiger partial charge in [0.15, 0.2) is 0 Å². The van der Waals surface area contributed by atoms with Gasteiger partial charge in [0, 0.05) is 16.9 Å². The van der Waals surface area contributed by atoms with E-state index in [-0.39, 0.29) is 29.3 Å². The van der Waals surface area contributed by atoms with Crippen LogP contribution in [0.5, 0.6) is 0 Å². The molecule has 2 aromatic carbocycles. The molecule has 0 aliphatic heterocycles. The molecule has 4 nitrogen and oxygen atoms in total. The Morgan fingerprint density at radius 3 is 2.39 bits per heavy atom. The normalized spacial score (nSPS) is 27.4. The van der Waals surface area contributed by atoms with Gasteiger partial charge in [-0.05, 0) is 61.1 Å². The van der Waals surface area contributed by atoms with Crippen LogP contribution in [0.15, 0.2) is 48.5 Å². The Balaban J connectivity index is 1.52. The van der Waals surface area contributed by atoms with Crippen molar-refractivity contribution in [2.45, 2.75) is 69.0 Å². The number of hydrogen-bond donors (Lipinski definition) is 2. The van der Waals surface area contributed by atoms with Gasteiger partial charge in [0.1, 0.15) is 6.29 Å². The monoisotopic (exact) mass is 417 g/mol. The molecule has 5 atom stereocenters. The van der Waals surface area contributed by atoms with Gasteiger partial charge >= 0.3 is 0 Å². The standard InChI is InChI=1S/C27H31NO3/c1-2-25(31)27(13-14-27)22-10-8-20(9-11-22)26-23(21(16-28)15-24(26)30)12-7-18-3-5-19(17-29)6-4-18/h3-6,8-11,17,21,23-26,30-31H,2,7,12-15H2,1H3/t21-,23?,24+,25?,26?/m0/s1. The zero-order valence-corrected chi connectivity index (χ0v) is 18.1. The lowest BCUT2D eigenvalue weighted by Crippen LogP contribution is -2.25. The number of aldehydes is 1. The second-order valence-corrected chi connectivity index (χ2v) is 9.33. The van der Waals surface area contributed by atoms with E-state index in [0.29, 0.717) is 12.0 Å². The molecular formula is C27H31NO3. The number of nitrogens with zero attached hydrogens (tertiary/aromatic N) is 1. The molecule has 0 radical (unpaired) electrons. The highest BCUT2D eigenvalue weighted by Crippen LogP contribution is 2.52. The molecule has 2 aliphatic carbocycles. The Bertz CT molecular complexity index is 940. The summed E-state index contributed by atoms with van der Waals surface area (Å²) in [6.45, 7) is 2.02. The molecule has 2 aliphatic rings. The second kappa shape index (κ2) is 8.94. The van der Waals surface area contributed by atoms with E-state index < -0.39 is 6.10 Å². The number of aryl methyl sites for hydroxylation is 1. The van der Waals surface area contributed by atoms with Crippen molar-refractivity contribution in [2.24, 2.45) is 11.8 Å². The van der Waals surface area contributed by atoms with Crippen LogP contribution in [-0.2, 0) is 11.8 Å². The molecular weight excluding hydrogens is 386 g/mol. The summed E-state index contributed by atoms with van der Waals surface area (Å²) in [6.07, 6.45) is 4.96. The average molecular weight is 418 g/mol. The first kappa shape index (κ1) is 21.7. The fraction of sp³-hybridized carbons (Fsp3) is 0.481. The van der Waals surface area contributed by atoms with E-state index in [1.807, 2.05) is 31.2 Å². The molecule has 4 rings (SSSR count). The van der Waals surface area contributed by atoms with Gasteiger partial charge in [0.05, 0.1) is 24.2 Å². The summed E-state index contributed by atoms with van der Waals surface area (Å²) < 4.78 is 0. The lowest BCUT2D eigenvalue weighted by Gasteiger charge is -2.26. The molecule has 0 bridgehead atoms. The van der Waals surface area contributed by atoms with Crippen LogP contribution >= 0.6 is 0 Å². The van der Waals surface area contributed by atoms with Crippen LogP contribution in [0.1, 0.15) is 72.0 Å². The lowest BCUT2D eigenvalue weighted by atomic mass is 9.80. The predicted octanol–water partition coefficient (Wildman–Crippen LogP) is 4.54. The third kappa shape index (κ3) is 4.18. The molecule has 0 aromatic heterocycles. The Hall–Kier alpha value is -2.48. The van der Waals surface area contributed by atoms with Crippen LogP contribution in [0.25, 0.3) is 0 Å². The summed E-state index contributed by atoms with van der Waals surface area (Å²) >= 11 is 0. The molecule has 0 heterocycles. The molecule has 3 unspecified atom stereocenters. The molecule has 0 spiro atoms. The summed E-state index contributed by atoms with van der Waals surface area (Å²) in [5.41, 5.74) is 3.97. The minimum Gasteiger partial charge on any atom is -0.392 e. The van der Waals surface area contributed by atoms with Crippen LogP contribution in [0.2, 0.25) is 0 Å². The number of benzene rings is 2. The molecule has 0 amide bonds. The van der Waals surface area contributed by atoms with Crippen molar-refractivity contribution in [1.29, 1.82) is 5.26 Å². The van der Waals surface area contributed by atoms with Crippen LogP contribution < -0.4 is 0 Å². The Morgan fingerprint density at radius 2 is 1.84 bits per heavy atom. The summed E-state index contributed by atoms with van der Waals surface area (Å²) in [6, 6.07) is 18.4. The highest BCUT2D eigenvalue weighted by molar-refractivity contribution is 5.74. The Kier molecular flexibility index (Phi) is 6.27. The largest absolute Gasteiger partial charge is 0.392 e. The van der Waals surface area contributed by atoms with Crippen LogP contribution in [-0.4, -0.2) is 28.7 Å². The SMILES string of the molecule is CCC(O)C1(c2ccc(C3C(CCc4ccc(C=O)cc4)[C@H](C#N)C[C@H]3O)cc2)CC1. The van der Waals surface area contributed by atoms with E-state index in [9.17, 15) is 20.3 Å². The van der Waals surface area contributed by atoms with Gasteiger partial charge in [0.25, 0.3) is 0 Å². The maximum atomic E-state index is 10.9. The number of aliphatic hydroxyl groups is 2. The van der Waals surface area contributed by atoms with E-state index >= 15 is 0 Å². The van der Waals surface area contributed by atoms with Gasteiger partial charge in [-0.1, -0.05) is 55.5 Å². The molecule has 2 aromatic rings. The Morgan fingerprint density at radius 1 is 1.16 bits per heavy atom. The molecule has 2 N–H and O–H groups in total. The van der Waals surface area contributed by atoms with Crippen molar-refractivity contribution < 1.29 is 15.0 Å². The van der Waals surface area contributed by atoms with Crippen molar-refractivity contribution >= 4 is 6.29 Å². The van der Waals surface area contributed by atoms with E-state index in [4.69, 9.17) is 0 Å². The lowest BCUT2D eigenvalue weighted by molar-refractivity contribution is 0.112. The smallest absolute Gasteiger partial charge is 0.150 e. The predicted molar refractivity (Wildman–Crippen MR) is 120 cm³/mol. The van der Waals surface area contributed by atoms with Crippen LogP contribution in [0.3, 0.4) is 0 Å². The number of carbonyl (C=O) groups is 1. The molecule has 2 saturated carbocycles. The first-order chi connectivity index (χ1) is 15.0. The fourth-order valence-corrected chi connectivity index (χ4v) is 5.59. The van der Waals surface area contributed by atoms with Crippen molar-refractivity contribution in [1.82, 2.24) is 0 Å². The van der Waals surface area contributed by atoms with Gasteiger partial charge in [-0.3, -0.25) is 4.79 Å². The Labute approximate surface area is 184 Å². The minimum absolute atomic E-state index is 0.0563. The first-order valence-electron chi connectivity index (χ1n) is 11.4. The number of aliphatic hydroxyl groups excluding tert-OH is 2. The van der Waals surface area contributed by atoms with Crippen molar-refractivity contribution in [2.75, 3.05) is 0 Å². The van der Waals surface area contributed by atoms with Crippen LogP contribution in [0, 0.1) is 23.2 Å². The fourth-order valence-electron chi connectivity index (χ4n) is 5.59. The zero-order valence-electron chi connectivity index (χ0n) is 18.1. The third-order valence-corrected chi connectivity index (χ3v) is 7.62. The maximum absolute atomic E-state index is 10.9. The van der Waals surface area contributed by atoms with Gasteiger partial charge in [0.2, 0.25) is 0 Å². The minimum atomic E-state index is -0.519. The average Bonchev–Trinajstić information content (AvgIpc) is 3.56. The van der Waals surface area contributed by atoms with E-state index in [1.54, 1.807) is 0 Å². The van der Waals surface area contributed by atoms with Crippen LogP contribution in [0.4, 0.5) is 0 Å². The number of nitriles is 1. The molecule has 31 heavy (non-hydrogen) atoms. The van der Waals surface area contributed by atoms with Gasteiger partial charge in [-0.2, -0.15) is 5.26 Å². The summed E-state index contributed by atoms with van der Waals surface area (Å²) in [5, 5.41) is 31.0. The van der Waals surface area contributed by atoms with Gasteiger partial charge in [-0.25, -0.2) is 0 Å².